The van der Waals surface area contributed by atoms with Crippen LogP contribution in [0.1, 0.15) is 40.2 Å². The fraction of sp³-hybridized carbons (Fsp3) is 0.368. The molecule has 2 aromatic rings. The standard InChI is InChI=1S/C19H21ClN8O3/c20-14-16(22)27-15(21)13(26-14)17(30)25-11-8-19(9-24-11)3-6-28(7-4-19)18(31)12-10(29)2-1-5-23-12/h1-2,5,29H,3-4,6-9H2,(H4,21,22,27)(H,24,25,30). The molecule has 0 saturated carbocycles. The number of nitrogens with one attached hydrogen (secondary N) is 1. The Hall–Kier alpha value is -3.47. The van der Waals surface area contributed by atoms with Crippen LogP contribution >= 0.6 is 11.6 Å². The second-order valence-corrected chi connectivity index (χ2v) is 8.05. The second-order valence-electron chi connectivity index (χ2n) is 7.69. The number of rotatable bonds is 2. The smallest absolute Gasteiger partial charge is 0.301 e. The van der Waals surface area contributed by atoms with E-state index < -0.39 is 5.91 Å². The summed E-state index contributed by atoms with van der Waals surface area (Å²) in [7, 11) is 0. The Morgan fingerprint density at radius 2 is 1.94 bits per heavy atom. The number of hydrogen-bond acceptors (Lipinski definition) is 8. The Kier molecular flexibility index (Phi) is 5.36. The average molecular weight is 445 g/mol. The highest BCUT2D eigenvalue weighted by molar-refractivity contribution is 6.31. The maximum atomic E-state index is 12.6. The van der Waals surface area contributed by atoms with E-state index in [-0.39, 0.29) is 45.2 Å². The summed E-state index contributed by atoms with van der Waals surface area (Å²) >= 11 is 5.83. The van der Waals surface area contributed by atoms with Crippen molar-refractivity contribution in [3.63, 3.8) is 0 Å². The van der Waals surface area contributed by atoms with Crippen molar-refractivity contribution >= 4 is 40.9 Å². The van der Waals surface area contributed by atoms with Crippen molar-refractivity contribution in [3.8, 4) is 5.75 Å². The maximum absolute atomic E-state index is 12.6. The fourth-order valence-corrected chi connectivity index (χ4v) is 4.00. The Bertz CT molecular complexity index is 1080. The van der Waals surface area contributed by atoms with E-state index in [2.05, 4.69) is 25.3 Å². The van der Waals surface area contributed by atoms with Gasteiger partial charge in [0.25, 0.3) is 5.91 Å². The minimum Gasteiger partial charge on any atom is -0.505 e. The molecule has 0 aliphatic carbocycles. The summed E-state index contributed by atoms with van der Waals surface area (Å²) in [6.45, 7) is 1.67. The molecule has 11 nitrogen and oxygen atoms in total. The molecule has 0 unspecified atom stereocenters. The van der Waals surface area contributed by atoms with E-state index in [1.807, 2.05) is 0 Å². The zero-order chi connectivity index (χ0) is 22.2. The lowest BCUT2D eigenvalue weighted by molar-refractivity contribution is 0.0603. The lowest BCUT2D eigenvalue weighted by atomic mass is 9.77. The minimum atomic E-state index is -0.648. The Morgan fingerprint density at radius 1 is 1.19 bits per heavy atom. The van der Waals surface area contributed by atoms with Gasteiger partial charge < -0.3 is 26.8 Å². The number of likely N-dealkylation sites (tertiary alicyclic amines) is 1. The van der Waals surface area contributed by atoms with Crippen LogP contribution in [0.15, 0.2) is 23.3 Å². The maximum Gasteiger partial charge on any atom is 0.301 e. The SMILES string of the molecule is Nc1nc(N)c(C(=O)/N=C2/CC3(CCN(C(=O)c4ncccc4O)CC3)CN2)nc1Cl. The third-order valence-corrected chi connectivity index (χ3v) is 5.93. The molecule has 2 aliphatic heterocycles. The van der Waals surface area contributed by atoms with Gasteiger partial charge in [0, 0.05) is 32.3 Å². The van der Waals surface area contributed by atoms with Crippen LogP contribution in [-0.4, -0.2) is 62.2 Å². The first-order valence-corrected chi connectivity index (χ1v) is 10.0. The van der Waals surface area contributed by atoms with E-state index in [0.717, 1.165) is 12.8 Å². The molecule has 0 aromatic carbocycles. The Balaban J connectivity index is 1.41. The average Bonchev–Trinajstić information content (AvgIpc) is 3.13. The summed E-state index contributed by atoms with van der Waals surface area (Å²) in [6.07, 6.45) is 3.49. The summed E-state index contributed by atoms with van der Waals surface area (Å²) in [5, 5.41) is 12.9. The van der Waals surface area contributed by atoms with Gasteiger partial charge >= 0.3 is 5.91 Å². The van der Waals surface area contributed by atoms with Gasteiger partial charge in [0.15, 0.2) is 28.2 Å². The number of piperidine rings is 1. The van der Waals surface area contributed by atoms with Gasteiger partial charge in [-0.15, -0.1) is 0 Å². The molecular formula is C19H21ClN8O3. The van der Waals surface area contributed by atoms with Gasteiger partial charge in [-0.05, 0) is 30.4 Å². The quantitative estimate of drug-likeness (QED) is 0.523. The molecule has 2 aromatic heterocycles. The molecule has 0 atom stereocenters. The molecule has 4 rings (SSSR count). The first-order valence-electron chi connectivity index (χ1n) is 9.65. The molecule has 0 bridgehead atoms. The van der Waals surface area contributed by atoms with Gasteiger partial charge in [0.05, 0.1) is 0 Å². The molecule has 2 saturated heterocycles. The molecule has 2 fully saturated rings. The van der Waals surface area contributed by atoms with Crippen LogP contribution in [-0.2, 0) is 0 Å². The van der Waals surface area contributed by atoms with E-state index >= 15 is 0 Å². The number of carbonyl (C=O) groups excluding carboxylic acids is 2. The number of amidine groups is 1. The monoisotopic (exact) mass is 444 g/mol. The van der Waals surface area contributed by atoms with E-state index in [4.69, 9.17) is 23.1 Å². The number of halogens is 1. The summed E-state index contributed by atoms with van der Waals surface area (Å²) in [4.78, 5) is 42.6. The first-order chi connectivity index (χ1) is 14.8. The van der Waals surface area contributed by atoms with Crippen molar-refractivity contribution in [2.24, 2.45) is 10.4 Å². The Labute approximate surface area is 182 Å². The lowest BCUT2D eigenvalue weighted by Crippen LogP contribution is -2.44. The molecule has 12 heteroatoms. The van der Waals surface area contributed by atoms with E-state index in [9.17, 15) is 14.7 Å². The predicted octanol–water partition coefficient (Wildman–Crippen LogP) is 0.850. The van der Waals surface area contributed by atoms with Gasteiger partial charge in [-0.3, -0.25) is 9.59 Å². The van der Waals surface area contributed by atoms with Crippen LogP contribution in [0.3, 0.4) is 0 Å². The third-order valence-electron chi connectivity index (χ3n) is 5.65. The van der Waals surface area contributed by atoms with E-state index in [1.165, 1.54) is 12.3 Å². The highest BCUT2D eigenvalue weighted by atomic mass is 35.5. The Morgan fingerprint density at radius 3 is 2.65 bits per heavy atom. The number of nitrogens with two attached hydrogens (primary N) is 2. The second kappa shape index (κ2) is 7.99. The third kappa shape index (κ3) is 4.08. The predicted molar refractivity (Wildman–Crippen MR) is 114 cm³/mol. The highest BCUT2D eigenvalue weighted by Crippen LogP contribution is 2.38. The van der Waals surface area contributed by atoms with Crippen molar-refractivity contribution in [2.45, 2.75) is 19.3 Å². The van der Waals surface area contributed by atoms with Crippen molar-refractivity contribution in [2.75, 3.05) is 31.1 Å². The van der Waals surface area contributed by atoms with Gasteiger partial charge in [-0.1, -0.05) is 11.6 Å². The van der Waals surface area contributed by atoms with Crippen molar-refractivity contribution in [1.82, 2.24) is 25.2 Å². The highest BCUT2D eigenvalue weighted by Gasteiger charge is 2.41. The van der Waals surface area contributed by atoms with Gasteiger partial charge in [-0.2, -0.15) is 4.99 Å². The zero-order valence-electron chi connectivity index (χ0n) is 16.5. The van der Waals surface area contributed by atoms with E-state index in [1.54, 1.807) is 11.0 Å². The van der Waals surface area contributed by atoms with E-state index in [0.29, 0.717) is 31.9 Å². The number of nitrogen functional groups attached to an aromatic ring is 2. The number of hydrogen-bond donors (Lipinski definition) is 4. The number of nitrogens with zero attached hydrogens (tertiary/aromatic N) is 5. The van der Waals surface area contributed by atoms with Crippen LogP contribution in [0.2, 0.25) is 5.15 Å². The van der Waals surface area contributed by atoms with Crippen LogP contribution in [0.5, 0.6) is 5.75 Å². The summed E-state index contributed by atoms with van der Waals surface area (Å²) < 4.78 is 0. The number of aromatic hydroxyl groups is 1. The van der Waals surface area contributed by atoms with Gasteiger partial charge in [0.1, 0.15) is 11.6 Å². The molecule has 4 heterocycles. The molecule has 162 valence electrons. The van der Waals surface area contributed by atoms with Crippen LogP contribution in [0, 0.1) is 5.41 Å². The lowest BCUT2D eigenvalue weighted by Gasteiger charge is -2.38. The fourth-order valence-electron chi connectivity index (χ4n) is 3.87. The van der Waals surface area contributed by atoms with Crippen LogP contribution < -0.4 is 16.8 Å². The molecule has 31 heavy (non-hydrogen) atoms. The number of aliphatic imine (C=N–C) groups is 1. The molecule has 2 amide bonds. The number of carbonyl (C=O) groups is 2. The number of aromatic nitrogens is 3. The number of amides is 2. The van der Waals surface area contributed by atoms with Crippen LogP contribution in [0.4, 0.5) is 11.6 Å². The van der Waals surface area contributed by atoms with Crippen molar-refractivity contribution < 1.29 is 14.7 Å². The first kappa shape index (κ1) is 20.8. The minimum absolute atomic E-state index is 0.0525. The molecule has 0 radical (unpaired) electrons. The van der Waals surface area contributed by atoms with Crippen LogP contribution in [0.25, 0.3) is 0 Å². The molecule has 6 N–H and O–H groups in total. The number of anilines is 2. The van der Waals surface area contributed by atoms with Gasteiger partial charge in [0.2, 0.25) is 0 Å². The summed E-state index contributed by atoms with van der Waals surface area (Å²) in [5.41, 5.74) is 11.0. The van der Waals surface area contributed by atoms with Gasteiger partial charge in [-0.25, -0.2) is 15.0 Å². The molecule has 2 aliphatic rings. The van der Waals surface area contributed by atoms with Crippen molar-refractivity contribution in [1.29, 1.82) is 0 Å². The summed E-state index contributed by atoms with van der Waals surface area (Å²) in [6, 6.07) is 3.01. The normalized spacial score (nSPS) is 18.9. The number of pyridine rings is 1. The summed E-state index contributed by atoms with van der Waals surface area (Å²) in [5.74, 6) is -0.730. The van der Waals surface area contributed by atoms with Crippen molar-refractivity contribution in [3.05, 3.63) is 34.9 Å². The molecule has 1 spiro atoms. The zero-order valence-corrected chi connectivity index (χ0v) is 17.3. The largest absolute Gasteiger partial charge is 0.505 e. The topological polar surface area (TPSA) is 173 Å². The molecular weight excluding hydrogens is 424 g/mol.